The summed E-state index contributed by atoms with van der Waals surface area (Å²) in [5.74, 6) is 0. The molecule has 104 valence electrons. The van der Waals surface area contributed by atoms with Gasteiger partial charge in [-0.15, -0.1) is 0 Å². The molecule has 0 unspecified atom stereocenters. The third-order valence-corrected chi connectivity index (χ3v) is 3.49. The molecule has 0 heterocycles. The van der Waals surface area contributed by atoms with Crippen molar-refractivity contribution in [2.75, 3.05) is 5.32 Å². The van der Waals surface area contributed by atoms with E-state index in [0.29, 0.717) is 15.7 Å². The summed E-state index contributed by atoms with van der Waals surface area (Å²) >= 11 is 17.6. The van der Waals surface area contributed by atoms with E-state index in [9.17, 15) is 4.79 Å². The van der Waals surface area contributed by atoms with Crippen molar-refractivity contribution in [3.8, 4) is 0 Å². The van der Waals surface area contributed by atoms with Crippen LogP contribution in [0.3, 0.4) is 0 Å². The summed E-state index contributed by atoms with van der Waals surface area (Å²) in [6, 6.07) is 12.3. The maximum absolute atomic E-state index is 11.7. The van der Waals surface area contributed by atoms with Gasteiger partial charge >= 0.3 is 6.09 Å². The van der Waals surface area contributed by atoms with E-state index >= 15 is 0 Å². The Balaban J connectivity index is 1.97. The fourth-order valence-electron chi connectivity index (χ4n) is 1.49. The number of anilines is 1. The number of ether oxygens (including phenoxy) is 1. The molecule has 0 radical (unpaired) electrons. The van der Waals surface area contributed by atoms with Crippen LogP contribution in [0.25, 0.3) is 0 Å². The molecule has 2 aromatic rings. The SMILES string of the molecule is O=C(Nc1cc(Cl)c(Cl)cc1Cl)OCc1ccccc1. The average molecular weight is 331 g/mol. The van der Waals surface area contributed by atoms with E-state index in [1.807, 2.05) is 30.3 Å². The minimum atomic E-state index is -0.617. The van der Waals surface area contributed by atoms with E-state index in [0.717, 1.165) is 5.56 Å². The molecule has 20 heavy (non-hydrogen) atoms. The van der Waals surface area contributed by atoms with E-state index in [-0.39, 0.29) is 11.6 Å². The van der Waals surface area contributed by atoms with Crippen LogP contribution in [0.4, 0.5) is 10.5 Å². The van der Waals surface area contributed by atoms with Gasteiger partial charge in [-0.2, -0.15) is 0 Å². The van der Waals surface area contributed by atoms with Gasteiger partial charge in [0.15, 0.2) is 0 Å². The second kappa shape index (κ2) is 6.84. The van der Waals surface area contributed by atoms with Crippen LogP contribution in [-0.2, 0) is 11.3 Å². The number of benzene rings is 2. The van der Waals surface area contributed by atoms with Gasteiger partial charge in [0.25, 0.3) is 0 Å². The van der Waals surface area contributed by atoms with Crippen molar-refractivity contribution in [2.45, 2.75) is 6.61 Å². The van der Waals surface area contributed by atoms with E-state index in [1.54, 1.807) is 0 Å². The Kier molecular flexibility index (Phi) is 5.12. The molecule has 0 aliphatic rings. The number of halogens is 3. The van der Waals surface area contributed by atoms with Crippen LogP contribution in [-0.4, -0.2) is 6.09 Å². The number of hydrogen-bond acceptors (Lipinski definition) is 2. The summed E-state index contributed by atoms with van der Waals surface area (Å²) in [4.78, 5) is 11.7. The Bertz CT molecular complexity index is 617. The van der Waals surface area contributed by atoms with Crippen molar-refractivity contribution in [3.05, 3.63) is 63.1 Å². The van der Waals surface area contributed by atoms with E-state index < -0.39 is 6.09 Å². The Hall–Kier alpha value is -1.42. The molecule has 3 nitrogen and oxygen atoms in total. The topological polar surface area (TPSA) is 38.3 Å². The van der Waals surface area contributed by atoms with E-state index in [4.69, 9.17) is 39.5 Å². The summed E-state index contributed by atoms with van der Waals surface area (Å²) < 4.78 is 5.07. The quantitative estimate of drug-likeness (QED) is 0.766. The normalized spacial score (nSPS) is 10.2. The maximum atomic E-state index is 11.7. The number of amides is 1. The van der Waals surface area contributed by atoms with Gasteiger partial charge in [-0.25, -0.2) is 4.79 Å². The molecule has 0 saturated heterocycles. The highest BCUT2D eigenvalue weighted by Crippen LogP contribution is 2.32. The summed E-state index contributed by atoms with van der Waals surface area (Å²) in [5, 5.41) is 3.42. The van der Waals surface area contributed by atoms with Crippen molar-refractivity contribution >= 4 is 46.6 Å². The zero-order valence-electron chi connectivity index (χ0n) is 10.2. The molecule has 0 atom stereocenters. The Morgan fingerprint density at radius 3 is 2.35 bits per heavy atom. The summed E-state index contributed by atoms with van der Waals surface area (Å²) in [6.07, 6.45) is -0.617. The van der Waals surface area contributed by atoms with Crippen LogP contribution >= 0.6 is 34.8 Å². The Morgan fingerprint density at radius 2 is 1.65 bits per heavy atom. The third-order valence-electron chi connectivity index (χ3n) is 2.46. The van der Waals surface area contributed by atoms with Gasteiger partial charge in [-0.3, -0.25) is 5.32 Å². The largest absolute Gasteiger partial charge is 0.444 e. The first-order chi connectivity index (χ1) is 9.56. The van der Waals surface area contributed by atoms with Gasteiger partial charge in [0.2, 0.25) is 0 Å². The first kappa shape index (κ1) is 15.0. The lowest BCUT2D eigenvalue weighted by atomic mass is 10.2. The maximum Gasteiger partial charge on any atom is 0.412 e. The highest BCUT2D eigenvalue weighted by atomic mass is 35.5. The van der Waals surface area contributed by atoms with Crippen molar-refractivity contribution in [3.63, 3.8) is 0 Å². The summed E-state index contributed by atoms with van der Waals surface area (Å²) in [6.45, 7) is 0.172. The Labute approximate surface area is 131 Å². The number of hydrogen-bond donors (Lipinski definition) is 1. The molecule has 2 aromatic carbocycles. The van der Waals surface area contributed by atoms with Gasteiger partial charge < -0.3 is 4.74 Å². The molecular weight excluding hydrogens is 321 g/mol. The standard InChI is InChI=1S/C14H10Cl3NO2/c15-10-6-12(17)13(7-11(10)16)18-14(19)20-8-9-4-2-1-3-5-9/h1-7H,8H2,(H,18,19). The fourth-order valence-corrected chi connectivity index (χ4v) is 2.08. The Morgan fingerprint density at radius 1 is 1.00 bits per heavy atom. The zero-order chi connectivity index (χ0) is 14.5. The highest BCUT2D eigenvalue weighted by molar-refractivity contribution is 6.44. The molecular formula is C14H10Cl3NO2. The summed E-state index contributed by atoms with van der Waals surface area (Å²) in [7, 11) is 0. The number of carbonyl (C=O) groups is 1. The minimum Gasteiger partial charge on any atom is -0.444 e. The lowest BCUT2D eigenvalue weighted by Gasteiger charge is -2.09. The first-order valence-electron chi connectivity index (χ1n) is 5.68. The predicted molar refractivity (Wildman–Crippen MR) is 81.7 cm³/mol. The molecule has 0 aromatic heterocycles. The van der Waals surface area contributed by atoms with Crippen molar-refractivity contribution in [1.82, 2.24) is 0 Å². The molecule has 0 aliphatic carbocycles. The first-order valence-corrected chi connectivity index (χ1v) is 6.82. The predicted octanol–water partition coefficient (Wildman–Crippen LogP) is 5.40. The molecule has 0 saturated carbocycles. The van der Waals surface area contributed by atoms with Crippen molar-refractivity contribution in [2.24, 2.45) is 0 Å². The molecule has 1 N–H and O–H groups in total. The van der Waals surface area contributed by atoms with Gasteiger partial charge in [-0.1, -0.05) is 65.1 Å². The van der Waals surface area contributed by atoms with Gasteiger partial charge in [0, 0.05) is 0 Å². The van der Waals surface area contributed by atoms with Crippen molar-refractivity contribution in [1.29, 1.82) is 0 Å². The van der Waals surface area contributed by atoms with E-state index in [2.05, 4.69) is 5.32 Å². The molecule has 0 aliphatic heterocycles. The molecule has 0 bridgehead atoms. The second-order valence-corrected chi connectivity index (χ2v) is 5.15. The van der Waals surface area contributed by atoms with E-state index in [1.165, 1.54) is 12.1 Å². The smallest absolute Gasteiger partial charge is 0.412 e. The van der Waals surface area contributed by atoms with Crippen LogP contribution in [0.2, 0.25) is 15.1 Å². The zero-order valence-corrected chi connectivity index (χ0v) is 12.5. The van der Waals surface area contributed by atoms with Crippen LogP contribution < -0.4 is 5.32 Å². The number of carbonyl (C=O) groups excluding carboxylic acids is 1. The van der Waals surface area contributed by atoms with Gasteiger partial charge in [0.1, 0.15) is 6.61 Å². The highest BCUT2D eigenvalue weighted by Gasteiger charge is 2.10. The molecule has 1 amide bonds. The van der Waals surface area contributed by atoms with Crippen LogP contribution in [0.15, 0.2) is 42.5 Å². The molecule has 0 spiro atoms. The second-order valence-electron chi connectivity index (χ2n) is 3.93. The van der Waals surface area contributed by atoms with Gasteiger partial charge in [-0.05, 0) is 17.7 Å². The fraction of sp³-hybridized carbons (Fsp3) is 0.0714. The molecule has 2 rings (SSSR count). The van der Waals surface area contributed by atoms with Crippen LogP contribution in [0.1, 0.15) is 5.56 Å². The average Bonchev–Trinajstić information content (AvgIpc) is 2.44. The monoisotopic (exact) mass is 329 g/mol. The van der Waals surface area contributed by atoms with Crippen LogP contribution in [0.5, 0.6) is 0 Å². The third kappa shape index (κ3) is 4.04. The van der Waals surface area contributed by atoms with Crippen molar-refractivity contribution < 1.29 is 9.53 Å². The lowest BCUT2D eigenvalue weighted by molar-refractivity contribution is 0.155. The number of nitrogens with one attached hydrogen (secondary N) is 1. The van der Waals surface area contributed by atoms with Crippen LogP contribution in [0, 0.1) is 0 Å². The minimum absolute atomic E-state index is 0.172. The molecule has 6 heteroatoms. The molecule has 0 fully saturated rings. The number of rotatable bonds is 3. The summed E-state index contributed by atoms with van der Waals surface area (Å²) in [5.41, 5.74) is 1.24. The van der Waals surface area contributed by atoms with Gasteiger partial charge in [0.05, 0.1) is 20.8 Å². The lowest BCUT2D eigenvalue weighted by Crippen LogP contribution is -2.13.